The number of morpholine rings is 1. The minimum atomic E-state index is -0.230. The topological polar surface area (TPSA) is 53.6 Å². The van der Waals surface area contributed by atoms with Gasteiger partial charge in [-0.05, 0) is 23.1 Å². The number of amides is 2. The zero-order valence-electron chi connectivity index (χ0n) is 16.1. The number of carbonyl (C=O) groups is 1. The average molecular weight is 410 g/mol. The lowest BCUT2D eigenvalue weighted by Gasteiger charge is -2.35. The summed E-state index contributed by atoms with van der Waals surface area (Å²) in [5, 5.41) is 8.82. The second-order valence-corrected chi connectivity index (χ2v) is 7.45. The van der Waals surface area contributed by atoms with E-state index in [2.05, 4.69) is 15.5 Å². The lowest BCUT2D eigenvalue weighted by Crippen LogP contribution is -2.44. The van der Waals surface area contributed by atoms with E-state index in [4.69, 9.17) is 16.3 Å². The highest BCUT2D eigenvalue weighted by atomic mass is 35.5. The quantitative estimate of drug-likeness (QED) is 0.642. The van der Waals surface area contributed by atoms with Crippen molar-refractivity contribution in [1.29, 1.82) is 0 Å². The molecule has 3 aromatic rings. The number of fused-ring (bicyclic) bond motifs is 1. The highest BCUT2D eigenvalue weighted by Crippen LogP contribution is 2.28. The molecule has 0 bridgehead atoms. The molecular formula is C23H24ClN3O2. The number of anilines is 1. The summed E-state index contributed by atoms with van der Waals surface area (Å²) in [7, 11) is 0. The van der Waals surface area contributed by atoms with Gasteiger partial charge in [0.25, 0.3) is 0 Å². The van der Waals surface area contributed by atoms with Crippen molar-refractivity contribution >= 4 is 34.1 Å². The number of carbonyl (C=O) groups excluding carboxylic acids is 1. The fraction of sp³-hybridized carbons (Fsp3) is 0.261. The van der Waals surface area contributed by atoms with E-state index in [1.165, 1.54) is 0 Å². The standard InChI is InChI=1S/C23H24ClN3O2/c24-20-10-4-3-9-19(20)22(27-12-14-29-15-13-27)16-25-23(28)26-21-11-5-7-17-6-1-2-8-18(17)21/h1-11,22H,12-16H2,(H2,25,26,28)/t22-/m1/s1. The molecule has 5 nitrogen and oxygen atoms in total. The first kappa shape index (κ1) is 19.7. The molecule has 4 rings (SSSR count). The summed E-state index contributed by atoms with van der Waals surface area (Å²) < 4.78 is 5.49. The molecule has 0 unspecified atom stereocenters. The van der Waals surface area contributed by atoms with Crippen LogP contribution in [0.25, 0.3) is 10.8 Å². The van der Waals surface area contributed by atoms with Gasteiger partial charge in [-0.25, -0.2) is 4.79 Å². The molecule has 1 fully saturated rings. The van der Waals surface area contributed by atoms with Crippen LogP contribution in [0.15, 0.2) is 66.7 Å². The van der Waals surface area contributed by atoms with E-state index in [0.29, 0.717) is 24.8 Å². The fourth-order valence-corrected chi connectivity index (χ4v) is 4.02. The molecule has 29 heavy (non-hydrogen) atoms. The van der Waals surface area contributed by atoms with Crippen molar-refractivity contribution in [3.8, 4) is 0 Å². The molecule has 6 heteroatoms. The number of hydrogen-bond donors (Lipinski definition) is 2. The fourth-order valence-electron chi connectivity index (χ4n) is 3.76. The molecule has 1 atom stereocenters. The van der Waals surface area contributed by atoms with E-state index in [9.17, 15) is 4.79 Å². The third-order valence-electron chi connectivity index (χ3n) is 5.24. The van der Waals surface area contributed by atoms with E-state index in [1.807, 2.05) is 66.7 Å². The summed E-state index contributed by atoms with van der Waals surface area (Å²) in [6.45, 7) is 3.44. The van der Waals surface area contributed by atoms with Crippen molar-refractivity contribution in [3.05, 3.63) is 77.3 Å². The number of nitrogens with one attached hydrogen (secondary N) is 2. The van der Waals surface area contributed by atoms with Gasteiger partial charge in [-0.15, -0.1) is 0 Å². The molecule has 0 saturated carbocycles. The Morgan fingerprint density at radius 3 is 2.55 bits per heavy atom. The SMILES string of the molecule is O=C(NC[C@H](c1ccccc1Cl)N1CCOCC1)Nc1cccc2ccccc12. The normalized spacial score (nSPS) is 15.8. The Labute approximate surface area is 175 Å². The molecule has 1 saturated heterocycles. The van der Waals surface area contributed by atoms with Crippen LogP contribution in [0.1, 0.15) is 11.6 Å². The number of benzene rings is 3. The van der Waals surface area contributed by atoms with Gasteiger partial charge in [-0.1, -0.05) is 66.2 Å². The highest BCUT2D eigenvalue weighted by molar-refractivity contribution is 6.31. The van der Waals surface area contributed by atoms with Gasteiger partial charge < -0.3 is 15.4 Å². The van der Waals surface area contributed by atoms with Gasteiger partial charge >= 0.3 is 6.03 Å². The number of hydrogen-bond acceptors (Lipinski definition) is 3. The van der Waals surface area contributed by atoms with Crippen LogP contribution in [0.3, 0.4) is 0 Å². The van der Waals surface area contributed by atoms with E-state index < -0.39 is 0 Å². The van der Waals surface area contributed by atoms with Gasteiger partial charge in [0.2, 0.25) is 0 Å². The first-order valence-corrected chi connectivity index (χ1v) is 10.2. The molecule has 2 N–H and O–H groups in total. The Morgan fingerprint density at radius 1 is 1.00 bits per heavy atom. The lowest BCUT2D eigenvalue weighted by molar-refractivity contribution is 0.0168. The molecule has 1 heterocycles. The van der Waals surface area contributed by atoms with Crippen LogP contribution in [0.2, 0.25) is 5.02 Å². The molecular weight excluding hydrogens is 386 g/mol. The average Bonchev–Trinajstić information content (AvgIpc) is 2.76. The molecule has 1 aliphatic heterocycles. The summed E-state index contributed by atoms with van der Waals surface area (Å²) in [5.41, 5.74) is 1.81. The maximum atomic E-state index is 12.7. The number of rotatable bonds is 5. The van der Waals surface area contributed by atoms with Crippen LogP contribution in [-0.4, -0.2) is 43.8 Å². The zero-order valence-corrected chi connectivity index (χ0v) is 16.9. The molecule has 3 aromatic carbocycles. The van der Waals surface area contributed by atoms with Gasteiger partial charge in [0.05, 0.1) is 24.9 Å². The molecule has 2 amide bonds. The van der Waals surface area contributed by atoms with Gasteiger partial charge in [0, 0.05) is 30.0 Å². The molecule has 0 radical (unpaired) electrons. The largest absolute Gasteiger partial charge is 0.379 e. The van der Waals surface area contributed by atoms with Gasteiger partial charge in [-0.2, -0.15) is 0 Å². The number of halogens is 1. The zero-order chi connectivity index (χ0) is 20.1. The van der Waals surface area contributed by atoms with Gasteiger partial charge in [0.15, 0.2) is 0 Å². The minimum absolute atomic E-state index is 0.00846. The molecule has 0 aromatic heterocycles. The van der Waals surface area contributed by atoms with Crippen molar-refractivity contribution in [2.24, 2.45) is 0 Å². The van der Waals surface area contributed by atoms with E-state index >= 15 is 0 Å². The van der Waals surface area contributed by atoms with Crippen LogP contribution < -0.4 is 10.6 Å². The van der Waals surface area contributed by atoms with Crippen LogP contribution in [0, 0.1) is 0 Å². The minimum Gasteiger partial charge on any atom is -0.379 e. The maximum absolute atomic E-state index is 12.7. The van der Waals surface area contributed by atoms with Crippen molar-refractivity contribution in [2.45, 2.75) is 6.04 Å². The van der Waals surface area contributed by atoms with Crippen LogP contribution in [0.4, 0.5) is 10.5 Å². The molecule has 0 spiro atoms. The van der Waals surface area contributed by atoms with Crippen LogP contribution in [0.5, 0.6) is 0 Å². The molecule has 150 valence electrons. The van der Waals surface area contributed by atoms with Crippen LogP contribution in [-0.2, 0) is 4.74 Å². The molecule has 1 aliphatic rings. The third kappa shape index (κ3) is 4.70. The summed E-state index contributed by atoms with van der Waals surface area (Å²) >= 11 is 6.46. The number of urea groups is 1. The molecule has 0 aliphatic carbocycles. The second kappa shape index (κ2) is 9.27. The van der Waals surface area contributed by atoms with Crippen molar-refractivity contribution in [1.82, 2.24) is 10.2 Å². The lowest BCUT2D eigenvalue weighted by atomic mass is 10.0. The van der Waals surface area contributed by atoms with Crippen molar-refractivity contribution in [2.75, 3.05) is 38.2 Å². The van der Waals surface area contributed by atoms with Crippen LogP contribution >= 0.6 is 11.6 Å². The summed E-state index contributed by atoms with van der Waals surface area (Å²) in [4.78, 5) is 15.0. The highest BCUT2D eigenvalue weighted by Gasteiger charge is 2.24. The Kier molecular flexibility index (Phi) is 6.30. The van der Waals surface area contributed by atoms with Crippen molar-refractivity contribution < 1.29 is 9.53 Å². The third-order valence-corrected chi connectivity index (χ3v) is 5.59. The number of nitrogens with zero attached hydrogens (tertiary/aromatic N) is 1. The maximum Gasteiger partial charge on any atom is 0.319 e. The summed E-state index contributed by atoms with van der Waals surface area (Å²) in [5.74, 6) is 0. The first-order valence-electron chi connectivity index (χ1n) is 9.81. The smallest absolute Gasteiger partial charge is 0.319 e. The Balaban J connectivity index is 1.48. The predicted molar refractivity (Wildman–Crippen MR) is 118 cm³/mol. The van der Waals surface area contributed by atoms with Gasteiger partial charge in [0.1, 0.15) is 0 Å². The monoisotopic (exact) mass is 409 g/mol. The Morgan fingerprint density at radius 2 is 1.72 bits per heavy atom. The van der Waals surface area contributed by atoms with E-state index in [1.54, 1.807) is 0 Å². The van der Waals surface area contributed by atoms with Crippen molar-refractivity contribution in [3.63, 3.8) is 0 Å². The predicted octanol–water partition coefficient (Wildman–Crippen LogP) is 4.69. The summed E-state index contributed by atoms with van der Waals surface area (Å²) in [6, 6.07) is 21.5. The summed E-state index contributed by atoms with van der Waals surface area (Å²) in [6.07, 6.45) is 0. The Bertz CT molecular complexity index is 983. The van der Waals surface area contributed by atoms with E-state index in [0.717, 1.165) is 35.1 Å². The second-order valence-electron chi connectivity index (χ2n) is 7.05. The Hall–Kier alpha value is -2.60. The van der Waals surface area contributed by atoms with Gasteiger partial charge in [-0.3, -0.25) is 4.90 Å². The number of ether oxygens (including phenoxy) is 1. The van der Waals surface area contributed by atoms with E-state index in [-0.39, 0.29) is 12.1 Å². The first-order chi connectivity index (χ1) is 14.2.